The van der Waals surface area contributed by atoms with Gasteiger partial charge in [-0.3, -0.25) is 4.90 Å². The first kappa shape index (κ1) is 15.0. The average molecular weight is 272 g/mol. The lowest BCUT2D eigenvalue weighted by molar-refractivity contribution is 0.237. The van der Waals surface area contributed by atoms with Crippen molar-refractivity contribution >= 4 is 0 Å². The standard InChI is InChI=1S/C16H24N4/c1-2-3-9-20(13-15-5-4-7-18-15)12-14-6-8-19-16(10-14)11-17/h6,8,10,15,18H,2-5,7,9,12-13H2,1H3. The lowest BCUT2D eigenvalue weighted by Crippen LogP contribution is -2.37. The summed E-state index contributed by atoms with van der Waals surface area (Å²) >= 11 is 0. The van der Waals surface area contributed by atoms with Gasteiger partial charge < -0.3 is 5.32 Å². The minimum atomic E-state index is 0.511. The van der Waals surface area contributed by atoms with Gasteiger partial charge in [-0.25, -0.2) is 4.98 Å². The molecule has 2 rings (SSSR count). The predicted octanol–water partition coefficient (Wildman–Crippen LogP) is 2.31. The van der Waals surface area contributed by atoms with Crippen LogP contribution in [0.25, 0.3) is 0 Å². The molecule has 1 aliphatic heterocycles. The summed E-state index contributed by atoms with van der Waals surface area (Å²) in [5.74, 6) is 0. The normalized spacial score (nSPS) is 18.4. The third-order valence-electron chi connectivity index (χ3n) is 3.81. The van der Waals surface area contributed by atoms with Crippen LogP contribution >= 0.6 is 0 Å². The minimum Gasteiger partial charge on any atom is -0.313 e. The van der Waals surface area contributed by atoms with E-state index < -0.39 is 0 Å². The van der Waals surface area contributed by atoms with Crippen molar-refractivity contribution in [2.45, 2.75) is 45.2 Å². The van der Waals surface area contributed by atoms with E-state index in [1.165, 1.54) is 31.2 Å². The molecule has 0 aromatic carbocycles. The van der Waals surface area contributed by atoms with Gasteiger partial charge in [-0.05, 0) is 50.0 Å². The van der Waals surface area contributed by atoms with Crippen LogP contribution in [-0.4, -0.2) is 35.6 Å². The second-order valence-electron chi connectivity index (χ2n) is 5.54. The fraction of sp³-hybridized carbons (Fsp3) is 0.625. The Balaban J connectivity index is 1.96. The van der Waals surface area contributed by atoms with Gasteiger partial charge in [0, 0.05) is 25.3 Å². The van der Waals surface area contributed by atoms with Crippen LogP contribution in [0.1, 0.15) is 43.9 Å². The Morgan fingerprint density at radius 2 is 2.45 bits per heavy atom. The zero-order chi connectivity index (χ0) is 14.2. The van der Waals surface area contributed by atoms with Gasteiger partial charge in [-0.1, -0.05) is 13.3 Å². The monoisotopic (exact) mass is 272 g/mol. The van der Waals surface area contributed by atoms with Gasteiger partial charge >= 0.3 is 0 Å². The van der Waals surface area contributed by atoms with Gasteiger partial charge in [0.05, 0.1) is 0 Å². The number of unbranched alkanes of at least 4 members (excludes halogenated alkanes) is 1. The zero-order valence-corrected chi connectivity index (χ0v) is 12.3. The molecule has 4 nitrogen and oxygen atoms in total. The summed E-state index contributed by atoms with van der Waals surface area (Å²) < 4.78 is 0. The first-order chi connectivity index (χ1) is 9.81. The summed E-state index contributed by atoms with van der Waals surface area (Å²) in [5, 5.41) is 12.5. The molecule has 2 heterocycles. The fourth-order valence-electron chi connectivity index (χ4n) is 2.73. The molecule has 108 valence electrons. The average Bonchev–Trinajstić information content (AvgIpc) is 2.98. The quantitative estimate of drug-likeness (QED) is 0.827. The maximum Gasteiger partial charge on any atom is 0.140 e. The Bertz CT molecular complexity index is 446. The van der Waals surface area contributed by atoms with Crippen LogP contribution in [0.4, 0.5) is 0 Å². The van der Waals surface area contributed by atoms with E-state index in [1.54, 1.807) is 6.20 Å². The van der Waals surface area contributed by atoms with E-state index in [4.69, 9.17) is 5.26 Å². The van der Waals surface area contributed by atoms with Gasteiger partial charge in [-0.15, -0.1) is 0 Å². The molecule has 1 N–H and O–H groups in total. The topological polar surface area (TPSA) is 52.0 Å². The largest absolute Gasteiger partial charge is 0.313 e. The molecule has 4 heteroatoms. The summed E-state index contributed by atoms with van der Waals surface area (Å²) in [5.41, 5.74) is 1.70. The number of hydrogen-bond acceptors (Lipinski definition) is 4. The van der Waals surface area contributed by atoms with Gasteiger partial charge in [0.2, 0.25) is 0 Å². The third-order valence-corrected chi connectivity index (χ3v) is 3.81. The molecule has 1 aliphatic rings. The van der Waals surface area contributed by atoms with Crippen molar-refractivity contribution in [1.82, 2.24) is 15.2 Å². The van der Waals surface area contributed by atoms with E-state index in [0.29, 0.717) is 11.7 Å². The van der Waals surface area contributed by atoms with Crippen molar-refractivity contribution in [3.8, 4) is 6.07 Å². The molecule has 0 spiro atoms. The first-order valence-electron chi connectivity index (χ1n) is 7.62. The van der Waals surface area contributed by atoms with Crippen LogP contribution in [0, 0.1) is 11.3 Å². The minimum absolute atomic E-state index is 0.511. The maximum atomic E-state index is 8.93. The molecule has 0 radical (unpaired) electrons. The number of nitriles is 1. The van der Waals surface area contributed by atoms with E-state index in [9.17, 15) is 0 Å². The smallest absolute Gasteiger partial charge is 0.140 e. The van der Waals surface area contributed by atoms with Crippen molar-refractivity contribution in [3.05, 3.63) is 29.6 Å². The Kier molecular flexibility index (Phi) is 5.97. The molecular formula is C16H24N4. The summed E-state index contributed by atoms with van der Waals surface area (Å²) in [6, 6.07) is 6.66. The maximum absolute atomic E-state index is 8.93. The zero-order valence-electron chi connectivity index (χ0n) is 12.3. The molecule has 0 amide bonds. The van der Waals surface area contributed by atoms with Gasteiger partial charge in [0.15, 0.2) is 0 Å². The lowest BCUT2D eigenvalue weighted by atomic mass is 10.1. The lowest BCUT2D eigenvalue weighted by Gasteiger charge is -2.25. The van der Waals surface area contributed by atoms with Crippen molar-refractivity contribution in [2.24, 2.45) is 0 Å². The highest BCUT2D eigenvalue weighted by Gasteiger charge is 2.17. The molecular weight excluding hydrogens is 248 g/mol. The molecule has 0 aliphatic carbocycles. The molecule has 1 saturated heterocycles. The van der Waals surface area contributed by atoms with Crippen molar-refractivity contribution in [1.29, 1.82) is 5.26 Å². The Labute approximate surface area is 121 Å². The van der Waals surface area contributed by atoms with Crippen molar-refractivity contribution in [3.63, 3.8) is 0 Å². The van der Waals surface area contributed by atoms with Crippen LogP contribution in [0.5, 0.6) is 0 Å². The predicted molar refractivity (Wildman–Crippen MR) is 80.2 cm³/mol. The van der Waals surface area contributed by atoms with Crippen LogP contribution in [0.2, 0.25) is 0 Å². The fourth-order valence-corrected chi connectivity index (χ4v) is 2.73. The van der Waals surface area contributed by atoms with Crippen molar-refractivity contribution in [2.75, 3.05) is 19.6 Å². The number of nitrogens with one attached hydrogen (secondary N) is 1. The highest BCUT2D eigenvalue weighted by atomic mass is 15.2. The summed E-state index contributed by atoms with van der Waals surface area (Å²) in [6.45, 7) is 6.52. The highest BCUT2D eigenvalue weighted by molar-refractivity contribution is 5.25. The van der Waals surface area contributed by atoms with E-state index in [-0.39, 0.29) is 0 Å². The number of rotatable bonds is 7. The van der Waals surface area contributed by atoms with Crippen LogP contribution in [0.3, 0.4) is 0 Å². The summed E-state index contributed by atoms with van der Waals surface area (Å²) in [7, 11) is 0. The van der Waals surface area contributed by atoms with Gasteiger partial charge in [-0.2, -0.15) is 5.26 Å². The molecule has 1 aromatic rings. The second kappa shape index (κ2) is 7.98. The van der Waals surface area contributed by atoms with Crippen LogP contribution in [0.15, 0.2) is 18.3 Å². The molecule has 1 fully saturated rings. The Morgan fingerprint density at radius 3 is 3.15 bits per heavy atom. The number of aromatic nitrogens is 1. The molecule has 20 heavy (non-hydrogen) atoms. The first-order valence-corrected chi connectivity index (χ1v) is 7.62. The van der Waals surface area contributed by atoms with E-state index >= 15 is 0 Å². The molecule has 0 bridgehead atoms. The number of pyridine rings is 1. The van der Waals surface area contributed by atoms with Crippen molar-refractivity contribution < 1.29 is 0 Å². The SMILES string of the molecule is CCCCN(Cc1ccnc(C#N)c1)CC1CCCN1. The van der Waals surface area contributed by atoms with E-state index in [2.05, 4.69) is 28.2 Å². The van der Waals surface area contributed by atoms with E-state index in [1.807, 2.05) is 12.1 Å². The van der Waals surface area contributed by atoms with Crippen LogP contribution in [-0.2, 0) is 6.54 Å². The molecule has 1 atom stereocenters. The second-order valence-corrected chi connectivity index (χ2v) is 5.54. The molecule has 0 saturated carbocycles. The third kappa shape index (κ3) is 4.59. The van der Waals surface area contributed by atoms with E-state index in [0.717, 1.165) is 26.2 Å². The Hall–Kier alpha value is -1.44. The van der Waals surface area contributed by atoms with Gasteiger partial charge in [0.1, 0.15) is 11.8 Å². The molecule has 1 aromatic heterocycles. The number of nitrogens with zero attached hydrogens (tertiary/aromatic N) is 3. The number of hydrogen-bond donors (Lipinski definition) is 1. The van der Waals surface area contributed by atoms with Gasteiger partial charge in [0.25, 0.3) is 0 Å². The summed E-state index contributed by atoms with van der Waals surface area (Å²) in [6.07, 6.45) is 6.75. The van der Waals surface area contributed by atoms with Crippen LogP contribution < -0.4 is 5.32 Å². The Morgan fingerprint density at radius 1 is 1.55 bits per heavy atom. The summed E-state index contributed by atoms with van der Waals surface area (Å²) in [4.78, 5) is 6.54. The molecule has 1 unspecified atom stereocenters. The highest BCUT2D eigenvalue weighted by Crippen LogP contribution is 2.12.